The van der Waals surface area contributed by atoms with Gasteiger partial charge in [0.05, 0.1) is 23.5 Å². The molecule has 8 heteroatoms. The first-order chi connectivity index (χ1) is 12.2. The van der Waals surface area contributed by atoms with E-state index in [4.69, 9.17) is 4.74 Å². The van der Waals surface area contributed by atoms with E-state index in [9.17, 15) is 0 Å². The second-order valence-corrected chi connectivity index (χ2v) is 6.08. The van der Waals surface area contributed by atoms with E-state index < -0.39 is 0 Å². The fraction of sp³-hybridized carbons (Fsp3) is 0.588. The maximum Gasteiger partial charge on any atom is 0.243 e. The van der Waals surface area contributed by atoms with Crippen molar-refractivity contribution < 1.29 is 4.74 Å². The first-order valence-electron chi connectivity index (χ1n) is 8.76. The summed E-state index contributed by atoms with van der Waals surface area (Å²) in [5.74, 6) is 1.49. The molecule has 2 aromatic rings. The minimum atomic E-state index is 0.189. The van der Waals surface area contributed by atoms with E-state index >= 15 is 0 Å². The Morgan fingerprint density at radius 3 is 2.76 bits per heavy atom. The number of nitrogens with one attached hydrogen (secondary N) is 1. The molecule has 0 aliphatic carbocycles. The summed E-state index contributed by atoms with van der Waals surface area (Å²) in [6, 6.07) is 2.17. The standard InChI is InChI=1S/C17H25N7O/c1-4-14-15(5-2)22-23-17(21-14)19-9-12-8-13(25-3)10-24(12)16-6-7-18-11-20-16/h6-7,11-13H,4-5,8-10H2,1-3H3,(H,19,21,23)/t12-,13-/m1/s1. The summed E-state index contributed by atoms with van der Waals surface area (Å²) in [6.07, 6.45) is 6.16. The van der Waals surface area contributed by atoms with E-state index in [0.717, 1.165) is 43.0 Å². The average molecular weight is 343 g/mol. The maximum absolute atomic E-state index is 5.56. The van der Waals surface area contributed by atoms with Gasteiger partial charge in [-0.25, -0.2) is 15.0 Å². The lowest BCUT2D eigenvalue weighted by Crippen LogP contribution is -2.36. The van der Waals surface area contributed by atoms with Crippen molar-refractivity contribution in [2.24, 2.45) is 0 Å². The number of aryl methyl sites for hydroxylation is 2. The maximum atomic E-state index is 5.56. The first kappa shape index (κ1) is 17.5. The van der Waals surface area contributed by atoms with Crippen molar-refractivity contribution in [3.05, 3.63) is 30.0 Å². The summed E-state index contributed by atoms with van der Waals surface area (Å²) in [7, 11) is 1.75. The van der Waals surface area contributed by atoms with Crippen LogP contribution in [-0.2, 0) is 17.6 Å². The number of aromatic nitrogens is 5. The third kappa shape index (κ3) is 4.01. The number of nitrogens with zero attached hydrogens (tertiary/aromatic N) is 6. The van der Waals surface area contributed by atoms with E-state index in [-0.39, 0.29) is 12.1 Å². The molecule has 1 N–H and O–H groups in total. The molecule has 25 heavy (non-hydrogen) atoms. The van der Waals surface area contributed by atoms with Crippen molar-refractivity contribution in [2.45, 2.75) is 45.3 Å². The van der Waals surface area contributed by atoms with E-state index in [1.807, 2.05) is 6.07 Å². The van der Waals surface area contributed by atoms with E-state index in [1.54, 1.807) is 19.6 Å². The molecule has 3 heterocycles. The van der Waals surface area contributed by atoms with Crippen molar-refractivity contribution in [1.29, 1.82) is 0 Å². The van der Waals surface area contributed by atoms with Crippen molar-refractivity contribution in [3.63, 3.8) is 0 Å². The lowest BCUT2D eigenvalue weighted by molar-refractivity contribution is 0.118. The van der Waals surface area contributed by atoms with Gasteiger partial charge < -0.3 is 15.0 Å². The van der Waals surface area contributed by atoms with Gasteiger partial charge in [-0.1, -0.05) is 13.8 Å². The van der Waals surface area contributed by atoms with Crippen LogP contribution in [0.25, 0.3) is 0 Å². The molecule has 8 nitrogen and oxygen atoms in total. The molecule has 3 rings (SSSR count). The minimum absolute atomic E-state index is 0.189. The quantitative estimate of drug-likeness (QED) is 0.809. The van der Waals surface area contributed by atoms with Crippen LogP contribution in [0.5, 0.6) is 0 Å². The molecule has 0 aromatic carbocycles. The highest BCUT2D eigenvalue weighted by atomic mass is 16.5. The van der Waals surface area contributed by atoms with Gasteiger partial charge in [0.15, 0.2) is 0 Å². The topological polar surface area (TPSA) is 89.0 Å². The molecule has 0 unspecified atom stereocenters. The van der Waals surface area contributed by atoms with Gasteiger partial charge in [0, 0.05) is 26.4 Å². The van der Waals surface area contributed by atoms with Gasteiger partial charge in [-0.2, -0.15) is 5.10 Å². The van der Waals surface area contributed by atoms with Crippen LogP contribution in [0, 0.1) is 0 Å². The summed E-state index contributed by atoms with van der Waals surface area (Å²) in [5.41, 5.74) is 1.98. The Hall–Kier alpha value is -2.35. The van der Waals surface area contributed by atoms with Crippen molar-refractivity contribution in [1.82, 2.24) is 25.1 Å². The monoisotopic (exact) mass is 343 g/mol. The zero-order chi connectivity index (χ0) is 17.6. The molecule has 1 aliphatic rings. The fourth-order valence-corrected chi connectivity index (χ4v) is 3.19. The molecular weight excluding hydrogens is 318 g/mol. The second-order valence-electron chi connectivity index (χ2n) is 6.08. The lowest BCUT2D eigenvalue weighted by atomic mass is 10.2. The van der Waals surface area contributed by atoms with Gasteiger partial charge in [0.1, 0.15) is 12.1 Å². The predicted molar refractivity (Wildman–Crippen MR) is 95.7 cm³/mol. The van der Waals surface area contributed by atoms with Crippen molar-refractivity contribution in [3.8, 4) is 0 Å². The number of anilines is 2. The Morgan fingerprint density at radius 2 is 2.08 bits per heavy atom. The fourth-order valence-electron chi connectivity index (χ4n) is 3.19. The summed E-state index contributed by atoms with van der Waals surface area (Å²) in [6.45, 7) is 5.68. The Labute approximate surface area is 148 Å². The van der Waals surface area contributed by atoms with Gasteiger partial charge in [-0.05, 0) is 25.3 Å². The van der Waals surface area contributed by atoms with E-state index in [2.05, 4.69) is 49.2 Å². The Bertz CT molecular complexity index is 682. The summed E-state index contributed by atoms with van der Waals surface area (Å²) < 4.78 is 5.56. The normalized spacial score (nSPS) is 20.0. The van der Waals surface area contributed by atoms with Crippen LogP contribution < -0.4 is 10.2 Å². The van der Waals surface area contributed by atoms with Gasteiger partial charge in [-0.3, -0.25) is 0 Å². The number of methoxy groups -OCH3 is 1. The number of rotatable bonds is 7. The van der Waals surface area contributed by atoms with Gasteiger partial charge in [0.2, 0.25) is 5.95 Å². The average Bonchev–Trinajstić information content (AvgIpc) is 3.10. The molecule has 0 bridgehead atoms. The molecule has 0 saturated carbocycles. The van der Waals surface area contributed by atoms with E-state index in [0.29, 0.717) is 12.5 Å². The van der Waals surface area contributed by atoms with Crippen LogP contribution in [0.2, 0.25) is 0 Å². The molecule has 2 aromatic heterocycles. The molecular formula is C17H25N7O. The third-order valence-electron chi connectivity index (χ3n) is 4.58. The molecule has 134 valence electrons. The van der Waals surface area contributed by atoms with Crippen LogP contribution in [0.1, 0.15) is 31.7 Å². The SMILES string of the molecule is CCc1nnc(NC[C@H]2C[C@@H](OC)CN2c2ccncn2)nc1CC. The highest BCUT2D eigenvalue weighted by Gasteiger charge is 2.33. The summed E-state index contributed by atoms with van der Waals surface area (Å²) in [4.78, 5) is 15.2. The highest BCUT2D eigenvalue weighted by Crippen LogP contribution is 2.25. The Balaban J connectivity index is 1.70. The smallest absolute Gasteiger partial charge is 0.243 e. The molecule has 0 amide bonds. The highest BCUT2D eigenvalue weighted by molar-refractivity contribution is 5.41. The largest absolute Gasteiger partial charge is 0.380 e. The summed E-state index contributed by atoms with van der Waals surface area (Å²) >= 11 is 0. The molecule has 1 fully saturated rings. The van der Waals surface area contributed by atoms with E-state index in [1.165, 1.54) is 0 Å². The zero-order valence-electron chi connectivity index (χ0n) is 15.0. The number of hydrogen-bond donors (Lipinski definition) is 1. The van der Waals surface area contributed by atoms with Crippen LogP contribution in [0.3, 0.4) is 0 Å². The van der Waals surface area contributed by atoms with Gasteiger partial charge in [0.25, 0.3) is 0 Å². The van der Waals surface area contributed by atoms with Crippen LogP contribution >= 0.6 is 0 Å². The molecule has 2 atom stereocenters. The third-order valence-corrected chi connectivity index (χ3v) is 4.58. The van der Waals surface area contributed by atoms with Crippen LogP contribution in [0.15, 0.2) is 18.6 Å². The zero-order valence-corrected chi connectivity index (χ0v) is 15.0. The number of hydrogen-bond acceptors (Lipinski definition) is 8. The molecule has 1 aliphatic heterocycles. The summed E-state index contributed by atoms with van der Waals surface area (Å²) in [5, 5.41) is 11.8. The van der Waals surface area contributed by atoms with Crippen LogP contribution in [-0.4, -0.2) is 57.5 Å². The van der Waals surface area contributed by atoms with Gasteiger partial charge >= 0.3 is 0 Å². The lowest BCUT2D eigenvalue weighted by Gasteiger charge is -2.25. The van der Waals surface area contributed by atoms with Crippen molar-refractivity contribution >= 4 is 11.8 Å². The van der Waals surface area contributed by atoms with Crippen LogP contribution in [0.4, 0.5) is 11.8 Å². The molecule has 1 saturated heterocycles. The minimum Gasteiger partial charge on any atom is -0.380 e. The Kier molecular flexibility index (Phi) is 5.70. The Morgan fingerprint density at radius 1 is 1.24 bits per heavy atom. The number of ether oxygens (including phenoxy) is 1. The predicted octanol–water partition coefficient (Wildman–Crippen LogP) is 1.49. The van der Waals surface area contributed by atoms with Gasteiger partial charge in [-0.15, -0.1) is 5.10 Å². The van der Waals surface area contributed by atoms with Crippen molar-refractivity contribution in [2.75, 3.05) is 30.4 Å². The molecule has 0 spiro atoms. The first-order valence-corrected chi connectivity index (χ1v) is 8.76. The molecule has 0 radical (unpaired) electrons. The second kappa shape index (κ2) is 8.15.